The van der Waals surface area contributed by atoms with Gasteiger partial charge in [0.25, 0.3) is 0 Å². The van der Waals surface area contributed by atoms with Crippen molar-refractivity contribution >= 4 is 11.7 Å². The zero-order valence-corrected chi connectivity index (χ0v) is 14.2. The number of nitrogens with one attached hydrogen (secondary N) is 1. The third-order valence-electron chi connectivity index (χ3n) is 4.72. The first-order valence-corrected chi connectivity index (χ1v) is 8.56. The molecule has 0 aromatic carbocycles. The third kappa shape index (κ3) is 3.36. The van der Waals surface area contributed by atoms with Gasteiger partial charge in [0.1, 0.15) is 0 Å². The van der Waals surface area contributed by atoms with Gasteiger partial charge in [-0.2, -0.15) is 0 Å². The Morgan fingerprint density at radius 3 is 2.75 bits per heavy atom. The SMILES string of the molecule is CC(C)C(NC(=O)N1CCC(CO)CC1)c1nnc2ccccn12. The first-order chi connectivity index (χ1) is 11.6. The fraction of sp³-hybridized carbons (Fsp3) is 0.588. The van der Waals surface area contributed by atoms with Crippen LogP contribution in [0, 0.1) is 11.8 Å². The van der Waals surface area contributed by atoms with Gasteiger partial charge in [0, 0.05) is 25.9 Å². The molecule has 7 heteroatoms. The highest BCUT2D eigenvalue weighted by Crippen LogP contribution is 2.22. The van der Waals surface area contributed by atoms with E-state index in [0.717, 1.165) is 24.3 Å². The summed E-state index contributed by atoms with van der Waals surface area (Å²) in [5, 5.41) is 20.8. The Morgan fingerprint density at radius 2 is 2.08 bits per heavy atom. The van der Waals surface area contributed by atoms with E-state index in [0.29, 0.717) is 19.0 Å². The molecule has 1 aliphatic heterocycles. The molecule has 1 unspecified atom stereocenters. The third-order valence-corrected chi connectivity index (χ3v) is 4.72. The minimum Gasteiger partial charge on any atom is -0.396 e. The normalized spacial score (nSPS) is 17.4. The molecule has 2 aromatic heterocycles. The van der Waals surface area contributed by atoms with E-state index in [1.54, 1.807) is 0 Å². The quantitative estimate of drug-likeness (QED) is 0.895. The van der Waals surface area contributed by atoms with Crippen molar-refractivity contribution < 1.29 is 9.90 Å². The smallest absolute Gasteiger partial charge is 0.317 e. The van der Waals surface area contributed by atoms with E-state index in [1.165, 1.54) is 0 Å². The van der Waals surface area contributed by atoms with Crippen molar-refractivity contribution in [1.29, 1.82) is 0 Å². The number of rotatable bonds is 4. The standard InChI is InChI=1S/C17H25N5O2/c1-12(2)15(16-20-19-14-5-3-4-8-22(14)16)18-17(24)21-9-6-13(11-23)7-10-21/h3-5,8,12-13,15,23H,6-7,9-11H2,1-2H3,(H,18,24). The molecule has 24 heavy (non-hydrogen) atoms. The predicted octanol–water partition coefficient (Wildman–Crippen LogP) is 1.84. The van der Waals surface area contributed by atoms with Crippen LogP contribution in [0.15, 0.2) is 24.4 Å². The fourth-order valence-corrected chi connectivity index (χ4v) is 3.14. The van der Waals surface area contributed by atoms with Crippen molar-refractivity contribution in [3.05, 3.63) is 30.2 Å². The molecule has 3 heterocycles. The van der Waals surface area contributed by atoms with Gasteiger partial charge in [-0.3, -0.25) is 4.40 Å². The molecule has 2 N–H and O–H groups in total. The molecule has 1 saturated heterocycles. The summed E-state index contributed by atoms with van der Waals surface area (Å²) in [6, 6.07) is 5.47. The van der Waals surface area contributed by atoms with E-state index in [4.69, 9.17) is 0 Å². The van der Waals surface area contributed by atoms with Crippen LogP contribution < -0.4 is 5.32 Å². The van der Waals surface area contributed by atoms with Crippen molar-refractivity contribution in [2.45, 2.75) is 32.7 Å². The summed E-state index contributed by atoms with van der Waals surface area (Å²) < 4.78 is 1.92. The van der Waals surface area contributed by atoms with Crippen LogP contribution in [0.2, 0.25) is 0 Å². The van der Waals surface area contributed by atoms with Gasteiger partial charge in [-0.1, -0.05) is 19.9 Å². The Bertz CT molecular complexity index is 691. The maximum absolute atomic E-state index is 12.6. The van der Waals surface area contributed by atoms with Crippen LogP contribution >= 0.6 is 0 Å². The van der Waals surface area contributed by atoms with E-state index in [9.17, 15) is 9.90 Å². The number of hydrogen-bond acceptors (Lipinski definition) is 4. The van der Waals surface area contributed by atoms with Crippen molar-refractivity contribution in [3.8, 4) is 0 Å². The highest BCUT2D eigenvalue weighted by atomic mass is 16.3. The van der Waals surface area contributed by atoms with Crippen LogP contribution in [0.3, 0.4) is 0 Å². The summed E-state index contributed by atoms with van der Waals surface area (Å²) in [5.74, 6) is 1.26. The molecule has 1 aliphatic rings. The summed E-state index contributed by atoms with van der Waals surface area (Å²) in [5.41, 5.74) is 0.774. The number of pyridine rings is 1. The number of piperidine rings is 1. The van der Waals surface area contributed by atoms with Gasteiger partial charge >= 0.3 is 6.03 Å². The van der Waals surface area contributed by atoms with Gasteiger partial charge in [0.05, 0.1) is 6.04 Å². The average Bonchev–Trinajstić information content (AvgIpc) is 3.03. The molecule has 0 spiro atoms. The summed E-state index contributed by atoms with van der Waals surface area (Å²) >= 11 is 0. The van der Waals surface area contributed by atoms with Crippen molar-refractivity contribution in [2.75, 3.05) is 19.7 Å². The zero-order valence-electron chi connectivity index (χ0n) is 14.2. The van der Waals surface area contributed by atoms with E-state index in [-0.39, 0.29) is 24.6 Å². The maximum Gasteiger partial charge on any atom is 0.317 e. The van der Waals surface area contributed by atoms with Crippen LogP contribution in [-0.2, 0) is 0 Å². The number of aliphatic hydroxyl groups is 1. The number of carbonyl (C=O) groups is 1. The lowest BCUT2D eigenvalue weighted by Crippen LogP contribution is -2.47. The molecule has 2 amide bonds. The minimum atomic E-state index is -0.203. The fourth-order valence-electron chi connectivity index (χ4n) is 3.14. The average molecular weight is 331 g/mol. The second-order valence-corrected chi connectivity index (χ2v) is 6.77. The number of fused-ring (bicyclic) bond motifs is 1. The molecule has 1 atom stereocenters. The Hall–Kier alpha value is -2.15. The molecule has 2 aromatic rings. The number of amides is 2. The number of likely N-dealkylation sites (tertiary alicyclic amines) is 1. The van der Waals surface area contributed by atoms with Crippen LogP contribution in [-0.4, -0.2) is 50.3 Å². The number of nitrogens with zero attached hydrogens (tertiary/aromatic N) is 4. The second kappa shape index (κ2) is 7.17. The van der Waals surface area contributed by atoms with Crippen molar-refractivity contribution in [2.24, 2.45) is 11.8 Å². The first-order valence-electron chi connectivity index (χ1n) is 8.56. The molecular weight excluding hydrogens is 306 g/mol. The van der Waals surface area contributed by atoms with Gasteiger partial charge in [-0.15, -0.1) is 10.2 Å². The van der Waals surface area contributed by atoms with Crippen molar-refractivity contribution in [1.82, 2.24) is 24.8 Å². The molecule has 0 bridgehead atoms. The van der Waals surface area contributed by atoms with Gasteiger partial charge in [0.15, 0.2) is 11.5 Å². The summed E-state index contributed by atoms with van der Waals surface area (Å²) in [4.78, 5) is 14.5. The number of aliphatic hydroxyl groups excluding tert-OH is 1. The molecule has 0 saturated carbocycles. The van der Waals surface area contributed by atoms with Crippen LogP contribution in [0.1, 0.15) is 38.6 Å². The summed E-state index contributed by atoms with van der Waals surface area (Å²) in [7, 11) is 0. The van der Waals surface area contributed by atoms with Gasteiger partial charge in [0.2, 0.25) is 0 Å². The van der Waals surface area contributed by atoms with Gasteiger partial charge < -0.3 is 15.3 Å². The Balaban J connectivity index is 1.74. The van der Waals surface area contributed by atoms with E-state index in [1.807, 2.05) is 33.7 Å². The van der Waals surface area contributed by atoms with Crippen LogP contribution in [0.5, 0.6) is 0 Å². The number of urea groups is 1. The monoisotopic (exact) mass is 331 g/mol. The molecule has 3 rings (SSSR count). The molecule has 0 aliphatic carbocycles. The van der Waals surface area contributed by atoms with Gasteiger partial charge in [-0.25, -0.2) is 4.79 Å². The number of aromatic nitrogens is 3. The Labute approximate surface area is 141 Å². The lowest BCUT2D eigenvalue weighted by atomic mass is 9.98. The van der Waals surface area contributed by atoms with Crippen LogP contribution in [0.25, 0.3) is 5.65 Å². The lowest BCUT2D eigenvalue weighted by molar-refractivity contribution is 0.134. The zero-order chi connectivity index (χ0) is 17.1. The minimum absolute atomic E-state index is 0.0715. The molecular formula is C17H25N5O2. The number of carbonyl (C=O) groups excluding carboxylic acids is 1. The Kier molecular flexibility index (Phi) is 4.99. The number of hydrogen-bond donors (Lipinski definition) is 2. The van der Waals surface area contributed by atoms with Crippen molar-refractivity contribution in [3.63, 3.8) is 0 Å². The Morgan fingerprint density at radius 1 is 1.33 bits per heavy atom. The highest BCUT2D eigenvalue weighted by molar-refractivity contribution is 5.74. The topological polar surface area (TPSA) is 82.8 Å². The highest BCUT2D eigenvalue weighted by Gasteiger charge is 2.28. The maximum atomic E-state index is 12.6. The molecule has 130 valence electrons. The first kappa shape index (κ1) is 16.7. The van der Waals surface area contributed by atoms with Crippen LogP contribution in [0.4, 0.5) is 4.79 Å². The summed E-state index contributed by atoms with van der Waals surface area (Å²) in [6.07, 6.45) is 3.62. The predicted molar refractivity (Wildman–Crippen MR) is 90.5 cm³/mol. The van der Waals surface area contributed by atoms with E-state index >= 15 is 0 Å². The van der Waals surface area contributed by atoms with Gasteiger partial charge in [-0.05, 0) is 36.8 Å². The lowest BCUT2D eigenvalue weighted by Gasteiger charge is -2.33. The van der Waals surface area contributed by atoms with E-state index in [2.05, 4.69) is 29.4 Å². The van der Waals surface area contributed by atoms with E-state index < -0.39 is 0 Å². The molecule has 0 radical (unpaired) electrons. The largest absolute Gasteiger partial charge is 0.396 e. The molecule has 1 fully saturated rings. The molecule has 7 nitrogen and oxygen atoms in total. The second-order valence-electron chi connectivity index (χ2n) is 6.77. The summed E-state index contributed by atoms with van der Waals surface area (Å²) in [6.45, 7) is 5.70.